The second-order valence-electron chi connectivity index (χ2n) is 26.4. The molecule has 15 unspecified atom stereocenters. The standard InChI is InChI=1S/C60H84Cl2N13O14P/c1-27(88-90(85,86)89-51-39(25-76)87-55(50(51)84)75-26-70-37-19-34(61)35(62)20-38(37)75)24-69-47(83)16-17-57(6)33(18-44(66)80)54-60(9)59(8,23-46(68)82)32(12-15-43(65)79)49(74-60)29(3)53-58(7,22-45(67)81)30(10-13-41(63)77)36(71-53)21-40-56(4,5)31(11-14-42(64)78)48(72-40)28(2)52(57)73-54/h19-21,26-27,30-33,39,50-51,54-55,71,76,84H,10-18,22-25H2,1-9H3,(H2,63,77)(H2,64,78)(H2,65,79)(H2,66,80)(H2,67,81)(H2,68,82)(H,69,83)(H,85,86)/b36-21?,48-28?,53-29-. The number of aliphatic hydroxyl groups is 2. The Morgan fingerprint density at radius 2 is 1.42 bits per heavy atom. The summed E-state index contributed by atoms with van der Waals surface area (Å²) in [5, 5.41) is 28.5. The number of imidazole rings is 1. The molecule has 7 heterocycles. The fourth-order valence-corrected chi connectivity index (χ4v) is 16.6. The lowest BCUT2D eigenvalue weighted by molar-refractivity contribution is -0.124. The number of fused-ring (bicyclic) bond motifs is 7. The van der Waals surface area contributed by atoms with E-state index in [-0.39, 0.29) is 87.2 Å². The number of allylic oxidation sites excluding steroid dienone is 6. The fraction of sp³-hybridized carbons (Fsp3) is 0.617. The Labute approximate surface area is 531 Å². The molecule has 492 valence electrons. The summed E-state index contributed by atoms with van der Waals surface area (Å²) in [6.45, 7) is 15.3. The Bertz CT molecular complexity index is 3550. The van der Waals surface area contributed by atoms with E-state index in [9.17, 15) is 53.2 Å². The van der Waals surface area contributed by atoms with Crippen molar-refractivity contribution in [2.45, 2.75) is 175 Å². The van der Waals surface area contributed by atoms with Crippen LogP contribution in [0.5, 0.6) is 0 Å². The molecule has 2 saturated heterocycles. The molecule has 30 heteroatoms. The second kappa shape index (κ2) is 25.9. The monoisotopic (exact) mass is 1310 g/mol. The molecule has 2 fully saturated rings. The van der Waals surface area contributed by atoms with Gasteiger partial charge in [0.15, 0.2) is 6.23 Å². The number of nitrogens with two attached hydrogens (primary N) is 6. The van der Waals surface area contributed by atoms with Gasteiger partial charge >= 0.3 is 7.82 Å². The molecule has 7 amide bonds. The summed E-state index contributed by atoms with van der Waals surface area (Å²) >= 11 is 12.4. The van der Waals surface area contributed by atoms with Gasteiger partial charge in [-0.05, 0) is 82.7 Å². The first-order valence-corrected chi connectivity index (χ1v) is 32.2. The van der Waals surface area contributed by atoms with Crippen LogP contribution in [0.1, 0.15) is 139 Å². The number of primary amides is 6. The maximum Gasteiger partial charge on any atom is 0.472 e. The van der Waals surface area contributed by atoms with E-state index in [4.69, 9.17) is 86.4 Å². The van der Waals surface area contributed by atoms with E-state index in [2.05, 4.69) is 15.6 Å². The van der Waals surface area contributed by atoms with Crippen molar-refractivity contribution in [2.24, 2.45) is 94.7 Å². The number of phosphoric ester groups is 1. The van der Waals surface area contributed by atoms with E-state index in [1.165, 1.54) is 30.0 Å². The van der Waals surface area contributed by atoms with Crippen LogP contribution in [0.25, 0.3) is 11.0 Å². The zero-order chi connectivity index (χ0) is 66.7. The number of carbonyl (C=O) groups is 7. The molecule has 8 rings (SSSR count). The summed E-state index contributed by atoms with van der Waals surface area (Å²) in [5.41, 5.74) is 34.8. The molecular weight excluding hydrogens is 1230 g/mol. The van der Waals surface area contributed by atoms with Gasteiger partial charge < -0.3 is 69.4 Å². The molecule has 6 aliphatic heterocycles. The van der Waals surface area contributed by atoms with Crippen LogP contribution in [0.3, 0.4) is 0 Å². The highest BCUT2D eigenvalue weighted by Crippen LogP contribution is 2.63. The molecule has 0 saturated carbocycles. The Morgan fingerprint density at radius 1 is 0.822 bits per heavy atom. The number of amides is 7. The Morgan fingerprint density at radius 3 is 2.01 bits per heavy atom. The van der Waals surface area contributed by atoms with Gasteiger partial charge in [-0.25, -0.2) is 9.55 Å². The Kier molecular flexibility index (Phi) is 20.0. The first-order valence-electron chi connectivity index (χ1n) is 29.9. The summed E-state index contributed by atoms with van der Waals surface area (Å²) in [7, 11) is -5.11. The maximum atomic E-state index is 14.4. The van der Waals surface area contributed by atoms with Crippen molar-refractivity contribution in [1.29, 1.82) is 0 Å². The molecule has 0 radical (unpaired) electrons. The number of rotatable bonds is 26. The quantitative estimate of drug-likeness (QED) is 0.0596. The zero-order valence-electron chi connectivity index (χ0n) is 52.0. The largest absolute Gasteiger partial charge is 0.472 e. The average molecular weight is 1310 g/mol. The van der Waals surface area contributed by atoms with Gasteiger partial charge in [0.25, 0.3) is 0 Å². The average Bonchev–Trinajstić information content (AvgIpc) is 1.53. The lowest BCUT2D eigenvalue weighted by Crippen LogP contribution is -2.56. The third-order valence-corrected chi connectivity index (χ3v) is 21.9. The van der Waals surface area contributed by atoms with Gasteiger partial charge in [0.05, 0.1) is 51.7 Å². The van der Waals surface area contributed by atoms with Gasteiger partial charge in [0.1, 0.15) is 18.3 Å². The van der Waals surface area contributed by atoms with Gasteiger partial charge in [-0.15, -0.1) is 0 Å². The lowest BCUT2D eigenvalue weighted by Gasteiger charge is -2.48. The van der Waals surface area contributed by atoms with Gasteiger partial charge in [0.2, 0.25) is 41.4 Å². The molecular formula is C60H84Cl2N13O14P. The number of hydrogen-bond donors (Lipinski definition) is 11. The van der Waals surface area contributed by atoms with Crippen molar-refractivity contribution < 1.29 is 67.0 Å². The van der Waals surface area contributed by atoms with Crippen molar-refractivity contribution in [2.75, 3.05) is 13.2 Å². The summed E-state index contributed by atoms with van der Waals surface area (Å²) in [5.74, 6) is -7.27. The van der Waals surface area contributed by atoms with Crippen LogP contribution in [-0.2, 0) is 51.9 Å². The van der Waals surface area contributed by atoms with Gasteiger partial charge in [-0.3, -0.25) is 57.6 Å². The van der Waals surface area contributed by atoms with Gasteiger partial charge in [-0.2, -0.15) is 0 Å². The molecule has 1 aromatic heterocycles. The van der Waals surface area contributed by atoms with Crippen molar-refractivity contribution in [3.8, 4) is 0 Å². The number of nitrogens with zero attached hydrogens (tertiary/aromatic N) is 5. The topological polar surface area (TPSA) is 460 Å². The molecule has 17 N–H and O–H groups in total. The van der Waals surface area contributed by atoms with Crippen LogP contribution in [0.4, 0.5) is 0 Å². The SMILES string of the molecule is CC1=C2N=C(C=C3N/C(=C(/C)C4=NC(C)(C5N=C1C(C)(CCC(=O)NCC(C)OP(=O)(O)OC1C(CO)OC(n6cnc7cc(Cl)c(Cl)cc76)C1O)C5CC(N)=O)C(C)(CC(N)=O)C4CCC(N)=O)C(C)(CC(N)=O)C3CCC(N)=O)C(C)(C)C2CCC(N)=O. The van der Waals surface area contributed by atoms with Crippen molar-refractivity contribution in [1.82, 2.24) is 20.2 Å². The fourth-order valence-electron chi connectivity index (χ4n) is 15.2. The number of aromatic nitrogens is 2. The van der Waals surface area contributed by atoms with Crippen LogP contribution in [0.2, 0.25) is 10.0 Å². The molecule has 0 spiro atoms. The number of phosphoric acid groups is 1. The van der Waals surface area contributed by atoms with E-state index in [1.807, 2.05) is 61.5 Å². The lowest BCUT2D eigenvalue weighted by atomic mass is 9.55. The molecule has 90 heavy (non-hydrogen) atoms. The Balaban J connectivity index is 1.19. The third-order valence-electron chi connectivity index (χ3n) is 20.0. The van der Waals surface area contributed by atoms with Crippen LogP contribution in [0, 0.1) is 45.3 Å². The van der Waals surface area contributed by atoms with Crippen LogP contribution in [0.15, 0.2) is 67.8 Å². The number of carbonyl (C=O) groups excluding carboxylic acids is 7. The number of nitrogens with one attached hydrogen (secondary N) is 2. The number of aliphatic hydroxyl groups excluding tert-OH is 2. The highest BCUT2D eigenvalue weighted by Gasteiger charge is 2.66. The van der Waals surface area contributed by atoms with Crippen molar-refractivity contribution in [3.05, 3.63) is 62.8 Å². The van der Waals surface area contributed by atoms with Crippen LogP contribution < -0.4 is 45.0 Å². The first kappa shape index (κ1) is 69.5. The summed E-state index contributed by atoms with van der Waals surface area (Å²) in [4.78, 5) is 126. The molecule has 15 atom stereocenters. The number of benzene rings is 1. The van der Waals surface area contributed by atoms with E-state index in [0.717, 1.165) is 0 Å². The number of ether oxygens (including phenoxy) is 1. The maximum absolute atomic E-state index is 14.4. The minimum atomic E-state index is -5.11. The molecule has 8 bridgehead atoms. The molecule has 27 nitrogen and oxygen atoms in total. The number of halogens is 2. The van der Waals surface area contributed by atoms with E-state index in [0.29, 0.717) is 56.4 Å². The van der Waals surface area contributed by atoms with E-state index < -0.39 is 143 Å². The highest BCUT2D eigenvalue weighted by molar-refractivity contribution is 7.47. The first-order chi connectivity index (χ1) is 41.8. The van der Waals surface area contributed by atoms with Gasteiger partial charge in [0, 0.05) is 131 Å². The predicted octanol–water partition coefficient (Wildman–Crippen LogP) is 3.85. The van der Waals surface area contributed by atoms with E-state index >= 15 is 0 Å². The van der Waals surface area contributed by atoms with E-state index in [1.54, 1.807) is 0 Å². The van der Waals surface area contributed by atoms with Gasteiger partial charge in [-0.1, -0.05) is 57.8 Å². The molecule has 2 aromatic rings. The van der Waals surface area contributed by atoms with Crippen molar-refractivity contribution >= 4 is 101 Å². The summed E-state index contributed by atoms with van der Waals surface area (Å²) in [6, 6.07) is 1.95. The minimum Gasteiger partial charge on any atom is -0.394 e. The molecule has 0 aliphatic carbocycles. The normalized spacial score (nSPS) is 32.8. The molecule has 1 aromatic carbocycles. The van der Waals surface area contributed by atoms with Crippen LogP contribution in [-0.4, -0.2) is 132 Å². The number of hydrogen-bond acceptors (Lipinski definition) is 18. The second-order valence-corrected chi connectivity index (χ2v) is 28.6. The Hall–Kier alpha value is -6.42. The van der Waals surface area contributed by atoms with Crippen molar-refractivity contribution in [3.63, 3.8) is 0 Å². The zero-order valence-corrected chi connectivity index (χ0v) is 54.4. The number of aliphatic imine (C=N–C) groups is 3. The minimum absolute atomic E-state index is 0.0252. The predicted molar refractivity (Wildman–Crippen MR) is 334 cm³/mol. The highest BCUT2D eigenvalue weighted by atomic mass is 35.5. The summed E-state index contributed by atoms with van der Waals surface area (Å²) in [6.07, 6.45) is -4.80. The van der Waals surface area contributed by atoms with Crippen LogP contribution >= 0.6 is 31.0 Å². The third kappa shape index (κ3) is 13.2. The molecule has 6 aliphatic rings. The smallest absolute Gasteiger partial charge is 0.394 e. The summed E-state index contributed by atoms with van der Waals surface area (Å²) < 4.78 is 31.9.